The minimum Gasteiger partial charge on any atom is -0.497 e. The first-order valence-electron chi connectivity index (χ1n) is 5.71. The number of nitrogens with one attached hydrogen (secondary N) is 1. The van der Waals surface area contributed by atoms with Crippen LogP contribution in [0.3, 0.4) is 0 Å². The van der Waals surface area contributed by atoms with Crippen molar-refractivity contribution >= 4 is 11.6 Å². The lowest BCUT2D eigenvalue weighted by Gasteiger charge is -2.18. The van der Waals surface area contributed by atoms with Crippen molar-refractivity contribution in [3.05, 3.63) is 29.3 Å². The summed E-state index contributed by atoms with van der Waals surface area (Å²) in [6.45, 7) is 1.46. The van der Waals surface area contributed by atoms with Gasteiger partial charge in [0, 0.05) is 12.5 Å². The zero-order chi connectivity index (χ0) is 12.3. The lowest BCUT2D eigenvalue weighted by Crippen LogP contribution is -2.19. The van der Waals surface area contributed by atoms with Gasteiger partial charge in [-0.2, -0.15) is 5.10 Å². The van der Waals surface area contributed by atoms with Gasteiger partial charge in [-0.15, -0.1) is 0 Å². The van der Waals surface area contributed by atoms with E-state index in [1.165, 1.54) is 12.5 Å². The highest BCUT2D eigenvalue weighted by Crippen LogP contribution is 2.25. The zero-order valence-electron chi connectivity index (χ0n) is 10.1. The van der Waals surface area contributed by atoms with E-state index in [1.54, 1.807) is 7.11 Å². The monoisotopic (exact) mass is 232 g/mol. The van der Waals surface area contributed by atoms with Crippen molar-refractivity contribution in [1.29, 1.82) is 0 Å². The molecule has 90 valence electrons. The maximum Gasteiger partial charge on any atom is 0.236 e. The van der Waals surface area contributed by atoms with Crippen LogP contribution in [0, 0.1) is 0 Å². The molecule has 0 heterocycles. The largest absolute Gasteiger partial charge is 0.497 e. The molecular weight excluding hydrogens is 216 g/mol. The van der Waals surface area contributed by atoms with E-state index in [9.17, 15) is 4.79 Å². The number of nitrogens with zero attached hydrogens (tertiary/aromatic N) is 1. The SMILES string of the molecule is COc1ccc2c(c1)CCC/C2=N\NC(C)=O. The summed E-state index contributed by atoms with van der Waals surface area (Å²) < 4.78 is 5.20. The number of hydrogen-bond donors (Lipinski definition) is 1. The Morgan fingerprint density at radius 3 is 2.94 bits per heavy atom. The molecule has 0 unspecified atom stereocenters. The highest BCUT2D eigenvalue weighted by molar-refractivity contribution is 6.03. The topological polar surface area (TPSA) is 50.7 Å². The van der Waals surface area contributed by atoms with Crippen LogP contribution in [0.15, 0.2) is 23.3 Å². The summed E-state index contributed by atoms with van der Waals surface area (Å²) in [5.74, 6) is 0.725. The molecule has 4 nitrogen and oxygen atoms in total. The van der Waals surface area contributed by atoms with Crippen molar-refractivity contribution < 1.29 is 9.53 Å². The van der Waals surface area contributed by atoms with Crippen molar-refractivity contribution in [2.75, 3.05) is 7.11 Å². The molecule has 0 fully saturated rings. The Balaban J connectivity index is 2.31. The number of hydrazone groups is 1. The molecule has 17 heavy (non-hydrogen) atoms. The summed E-state index contributed by atoms with van der Waals surface area (Å²) in [4.78, 5) is 10.9. The number of benzene rings is 1. The van der Waals surface area contributed by atoms with E-state index in [0.717, 1.165) is 36.3 Å². The molecule has 0 aliphatic heterocycles. The second-order valence-corrected chi connectivity index (χ2v) is 4.10. The molecule has 0 atom stereocenters. The van der Waals surface area contributed by atoms with Crippen molar-refractivity contribution in [3.8, 4) is 5.75 Å². The van der Waals surface area contributed by atoms with Gasteiger partial charge in [0.15, 0.2) is 0 Å². The Bertz CT molecular complexity index is 466. The number of methoxy groups -OCH3 is 1. The number of amides is 1. The number of aryl methyl sites for hydroxylation is 1. The second-order valence-electron chi connectivity index (χ2n) is 4.10. The highest BCUT2D eigenvalue weighted by atomic mass is 16.5. The number of fused-ring (bicyclic) bond motifs is 1. The maximum atomic E-state index is 10.9. The summed E-state index contributed by atoms with van der Waals surface area (Å²) in [5.41, 5.74) is 5.80. The summed E-state index contributed by atoms with van der Waals surface area (Å²) in [6.07, 6.45) is 2.99. The Morgan fingerprint density at radius 1 is 1.41 bits per heavy atom. The highest BCUT2D eigenvalue weighted by Gasteiger charge is 2.16. The quantitative estimate of drug-likeness (QED) is 0.791. The summed E-state index contributed by atoms with van der Waals surface area (Å²) in [6, 6.07) is 5.97. The molecule has 1 aromatic carbocycles. The van der Waals surface area contributed by atoms with Gasteiger partial charge in [0.25, 0.3) is 0 Å². The Hall–Kier alpha value is -1.84. The third-order valence-corrected chi connectivity index (χ3v) is 2.83. The van der Waals surface area contributed by atoms with Gasteiger partial charge in [-0.1, -0.05) is 0 Å². The van der Waals surface area contributed by atoms with E-state index in [-0.39, 0.29) is 5.91 Å². The fourth-order valence-electron chi connectivity index (χ4n) is 2.03. The lowest BCUT2D eigenvalue weighted by molar-refractivity contribution is -0.118. The molecule has 0 saturated carbocycles. The van der Waals surface area contributed by atoms with Gasteiger partial charge in [-0.3, -0.25) is 4.79 Å². The molecule has 1 aromatic rings. The van der Waals surface area contributed by atoms with Crippen LogP contribution in [-0.2, 0) is 11.2 Å². The molecular formula is C13H16N2O2. The standard InChI is InChI=1S/C13H16N2O2/c1-9(16)14-15-13-5-3-4-10-8-11(17-2)6-7-12(10)13/h6-8H,3-5H2,1-2H3,(H,14,16)/b15-13+. The van der Waals surface area contributed by atoms with E-state index >= 15 is 0 Å². The average molecular weight is 232 g/mol. The molecule has 0 aromatic heterocycles. The van der Waals surface area contributed by atoms with Gasteiger partial charge in [0.05, 0.1) is 12.8 Å². The smallest absolute Gasteiger partial charge is 0.236 e. The minimum absolute atomic E-state index is 0.141. The van der Waals surface area contributed by atoms with Crippen molar-refractivity contribution in [3.63, 3.8) is 0 Å². The first-order chi connectivity index (χ1) is 8.20. The van der Waals surface area contributed by atoms with Crippen LogP contribution in [0.1, 0.15) is 30.9 Å². The molecule has 0 bridgehead atoms. The molecule has 1 aliphatic rings. The van der Waals surface area contributed by atoms with Crippen LogP contribution < -0.4 is 10.2 Å². The number of hydrogen-bond acceptors (Lipinski definition) is 3. The van der Waals surface area contributed by atoms with Crippen LogP contribution in [0.25, 0.3) is 0 Å². The molecule has 1 N–H and O–H groups in total. The number of carbonyl (C=O) groups is 1. The van der Waals surface area contributed by atoms with E-state index < -0.39 is 0 Å². The molecule has 1 amide bonds. The number of carbonyl (C=O) groups excluding carboxylic acids is 1. The van der Waals surface area contributed by atoms with Gasteiger partial charge in [0.2, 0.25) is 5.91 Å². The van der Waals surface area contributed by atoms with Crippen molar-refractivity contribution in [2.45, 2.75) is 26.2 Å². The van der Waals surface area contributed by atoms with Gasteiger partial charge in [-0.25, -0.2) is 5.43 Å². The van der Waals surface area contributed by atoms with E-state index in [4.69, 9.17) is 4.74 Å². The number of rotatable bonds is 2. The van der Waals surface area contributed by atoms with E-state index in [2.05, 4.69) is 10.5 Å². The van der Waals surface area contributed by atoms with Crippen LogP contribution in [0.2, 0.25) is 0 Å². The molecule has 2 rings (SSSR count). The molecule has 1 aliphatic carbocycles. The molecule has 4 heteroatoms. The van der Waals surface area contributed by atoms with E-state index in [1.807, 2.05) is 18.2 Å². The first-order valence-corrected chi connectivity index (χ1v) is 5.71. The second kappa shape index (κ2) is 4.99. The zero-order valence-corrected chi connectivity index (χ0v) is 10.1. The van der Waals surface area contributed by atoms with Crippen LogP contribution >= 0.6 is 0 Å². The normalized spacial score (nSPS) is 16.5. The van der Waals surface area contributed by atoms with Gasteiger partial charge in [0.1, 0.15) is 5.75 Å². The van der Waals surface area contributed by atoms with Gasteiger partial charge in [-0.05, 0) is 43.0 Å². The maximum absolute atomic E-state index is 10.9. The summed E-state index contributed by atoms with van der Waals surface area (Å²) in [5, 5.41) is 4.16. The summed E-state index contributed by atoms with van der Waals surface area (Å²) in [7, 11) is 1.66. The van der Waals surface area contributed by atoms with Crippen LogP contribution in [0.4, 0.5) is 0 Å². The molecule has 0 radical (unpaired) electrons. The van der Waals surface area contributed by atoms with Gasteiger partial charge < -0.3 is 4.74 Å². The third kappa shape index (κ3) is 2.64. The lowest BCUT2D eigenvalue weighted by atomic mass is 9.90. The fourth-order valence-corrected chi connectivity index (χ4v) is 2.03. The van der Waals surface area contributed by atoms with Crippen molar-refractivity contribution in [2.24, 2.45) is 5.10 Å². The predicted molar refractivity (Wildman–Crippen MR) is 66.3 cm³/mol. The van der Waals surface area contributed by atoms with Crippen LogP contribution in [-0.4, -0.2) is 18.7 Å². The average Bonchev–Trinajstić information content (AvgIpc) is 2.35. The summed E-state index contributed by atoms with van der Waals surface area (Å²) >= 11 is 0. The van der Waals surface area contributed by atoms with Crippen molar-refractivity contribution in [1.82, 2.24) is 5.43 Å². The number of ether oxygens (including phenoxy) is 1. The third-order valence-electron chi connectivity index (χ3n) is 2.83. The molecule has 0 spiro atoms. The van der Waals surface area contributed by atoms with E-state index in [0.29, 0.717) is 0 Å². The minimum atomic E-state index is -0.141. The Morgan fingerprint density at radius 2 is 2.24 bits per heavy atom. The van der Waals surface area contributed by atoms with Crippen LogP contribution in [0.5, 0.6) is 5.75 Å². The Labute approximate surface area is 101 Å². The van der Waals surface area contributed by atoms with Gasteiger partial charge >= 0.3 is 0 Å². The predicted octanol–water partition coefficient (Wildman–Crippen LogP) is 1.87. The first kappa shape index (κ1) is 11.6. The Kier molecular flexibility index (Phi) is 3.42. The fraction of sp³-hybridized carbons (Fsp3) is 0.385. The molecule has 0 saturated heterocycles.